The van der Waals surface area contributed by atoms with Crippen molar-refractivity contribution in [1.29, 1.82) is 0 Å². The first-order valence-corrected chi connectivity index (χ1v) is 10.9. The molecule has 0 aliphatic carbocycles. The van der Waals surface area contributed by atoms with Crippen LogP contribution < -0.4 is 9.54 Å². The van der Waals surface area contributed by atoms with E-state index in [1.165, 1.54) is 23.5 Å². The molecule has 0 spiro atoms. The lowest BCUT2D eigenvalue weighted by Gasteiger charge is -2.05. The van der Waals surface area contributed by atoms with Crippen molar-refractivity contribution in [3.8, 4) is 5.75 Å². The first-order valence-electron chi connectivity index (χ1n) is 10.1. The third-order valence-electron chi connectivity index (χ3n) is 4.76. The fourth-order valence-corrected chi connectivity index (χ4v) is 4.36. The molecular formula is C22H21N3O6S. The maximum atomic E-state index is 12.9. The van der Waals surface area contributed by atoms with E-state index in [1.807, 2.05) is 26.0 Å². The van der Waals surface area contributed by atoms with Crippen LogP contribution in [-0.2, 0) is 11.3 Å². The zero-order valence-electron chi connectivity index (χ0n) is 17.6. The number of carbonyl (C=O) groups excluding carboxylic acids is 1. The molecule has 9 nitrogen and oxygen atoms in total. The van der Waals surface area contributed by atoms with Gasteiger partial charge in [-0.05, 0) is 32.0 Å². The van der Waals surface area contributed by atoms with Gasteiger partial charge < -0.3 is 18.5 Å². The van der Waals surface area contributed by atoms with Crippen molar-refractivity contribution < 1.29 is 23.6 Å². The standard InChI is InChI=1S/C22H21N3O6S/c1-3-29-11-10-24-16-13-15(25(27)28)8-9-19(16)32-22(24)23-21(26)18-12-14-6-5-7-17(30-4-2)20(14)31-18/h5-9,12-13H,3-4,10-11H2,1-2H3. The number of hydrogen-bond donors (Lipinski definition) is 0. The highest BCUT2D eigenvalue weighted by Crippen LogP contribution is 2.29. The number of amides is 1. The first-order chi connectivity index (χ1) is 15.5. The lowest BCUT2D eigenvalue weighted by molar-refractivity contribution is -0.384. The second kappa shape index (κ2) is 9.33. The Labute approximate surface area is 186 Å². The molecule has 32 heavy (non-hydrogen) atoms. The van der Waals surface area contributed by atoms with Crippen LogP contribution in [0.15, 0.2) is 51.9 Å². The van der Waals surface area contributed by atoms with Crippen LogP contribution in [0.2, 0.25) is 0 Å². The van der Waals surface area contributed by atoms with E-state index < -0.39 is 10.8 Å². The first kappa shape index (κ1) is 21.7. The summed E-state index contributed by atoms with van der Waals surface area (Å²) in [5.41, 5.74) is 1.09. The molecular weight excluding hydrogens is 434 g/mol. The topological polar surface area (TPSA) is 109 Å². The maximum Gasteiger partial charge on any atom is 0.315 e. The van der Waals surface area contributed by atoms with Crippen LogP contribution in [0.1, 0.15) is 24.4 Å². The zero-order valence-corrected chi connectivity index (χ0v) is 18.4. The Balaban J connectivity index is 1.79. The van der Waals surface area contributed by atoms with Crippen molar-refractivity contribution in [2.75, 3.05) is 19.8 Å². The van der Waals surface area contributed by atoms with E-state index in [0.717, 1.165) is 10.1 Å². The Kier molecular flexibility index (Phi) is 6.33. The normalized spacial score (nSPS) is 12.0. The van der Waals surface area contributed by atoms with Crippen LogP contribution in [0.25, 0.3) is 21.2 Å². The number of rotatable bonds is 8. The van der Waals surface area contributed by atoms with Crippen LogP contribution >= 0.6 is 11.3 Å². The van der Waals surface area contributed by atoms with Crippen molar-refractivity contribution in [3.05, 3.63) is 63.1 Å². The number of carbonyl (C=O) groups is 1. The van der Waals surface area contributed by atoms with Crippen molar-refractivity contribution in [2.24, 2.45) is 4.99 Å². The van der Waals surface area contributed by atoms with Crippen LogP contribution in [0.3, 0.4) is 0 Å². The number of nitro benzene ring substituents is 1. The monoisotopic (exact) mass is 455 g/mol. The lowest BCUT2D eigenvalue weighted by atomic mass is 10.2. The van der Waals surface area contributed by atoms with Crippen LogP contribution in [0.5, 0.6) is 5.75 Å². The number of nitrogens with zero attached hydrogens (tertiary/aromatic N) is 3. The maximum absolute atomic E-state index is 12.9. The third kappa shape index (κ3) is 4.27. The SMILES string of the molecule is CCOCCn1c(=NC(=O)c2cc3cccc(OCC)c3o2)sc2ccc([N+](=O)[O-])cc21. The highest BCUT2D eigenvalue weighted by molar-refractivity contribution is 7.16. The molecule has 0 unspecified atom stereocenters. The molecule has 0 radical (unpaired) electrons. The summed E-state index contributed by atoms with van der Waals surface area (Å²) in [5, 5.41) is 12.0. The molecule has 1 amide bonds. The molecule has 2 heterocycles. The van der Waals surface area contributed by atoms with E-state index >= 15 is 0 Å². The summed E-state index contributed by atoms with van der Waals surface area (Å²) in [6.45, 7) is 5.55. The molecule has 0 saturated heterocycles. The number of ether oxygens (including phenoxy) is 2. The predicted molar refractivity (Wildman–Crippen MR) is 120 cm³/mol. The lowest BCUT2D eigenvalue weighted by Crippen LogP contribution is -2.19. The molecule has 0 aliphatic heterocycles. The van der Waals surface area contributed by atoms with Gasteiger partial charge in [0.05, 0.1) is 28.4 Å². The van der Waals surface area contributed by atoms with Crippen molar-refractivity contribution >= 4 is 44.1 Å². The molecule has 0 saturated carbocycles. The molecule has 2 aromatic heterocycles. The largest absolute Gasteiger partial charge is 0.490 e. The summed E-state index contributed by atoms with van der Waals surface area (Å²) in [6.07, 6.45) is 0. The Morgan fingerprint density at radius 3 is 2.81 bits per heavy atom. The molecule has 4 rings (SSSR count). The van der Waals surface area contributed by atoms with E-state index in [4.69, 9.17) is 13.9 Å². The van der Waals surface area contributed by atoms with Crippen molar-refractivity contribution in [3.63, 3.8) is 0 Å². The van der Waals surface area contributed by atoms with Crippen molar-refractivity contribution in [2.45, 2.75) is 20.4 Å². The third-order valence-corrected chi connectivity index (χ3v) is 5.81. The molecule has 0 N–H and O–H groups in total. The minimum atomic E-state index is -0.546. The van der Waals surface area contributed by atoms with E-state index in [0.29, 0.717) is 48.0 Å². The summed E-state index contributed by atoms with van der Waals surface area (Å²) in [4.78, 5) is 28.4. The van der Waals surface area contributed by atoms with Gasteiger partial charge >= 0.3 is 5.91 Å². The van der Waals surface area contributed by atoms with Crippen LogP contribution in [0.4, 0.5) is 5.69 Å². The number of thiazole rings is 1. The summed E-state index contributed by atoms with van der Waals surface area (Å²) in [7, 11) is 0. The summed E-state index contributed by atoms with van der Waals surface area (Å²) in [5.74, 6) is 0.104. The second-order valence-corrected chi connectivity index (χ2v) is 7.79. The van der Waals surface area contributed by atoms with Gasteiger partial charge in [-0.25, -0.2) is 0 Å². The van der Waals surface area contributed by atoms with Crippen LogP contribution in [-0.4, -0.2) is 35.2 Å². The number of furan rings is 1. The molecule has 2 aromatic carbocycles. The average Bonchev–Trinajstić information content (AvgIpc) is 3.36. The van der Waals surface area contributed by atoms with Gasteiger partial charge in [-0.2, -0.15) is 4.99 Å². The van der Waals surface area contributed by atoms with Gasteiger partial charge in [0.25, 0.3) is 5.69 Å². The van der Waals surface area contributed by atoms with E-state index in [-0.39, 0.29) is 11.4 Å². The van der Waals surface area contributed by atoms with Gasteiger partial charge in [-0.15, -0.1) is 0 Å². The predicted octanol–water partition coefficient (Wildman–Crippen LogP) is 4.53. The summed E-state index contributed by atoms with van der Waals surface area (Å²) in [6, 6.07) is 11.7. The Bertz CT molecular complexity index is 1370. The number of fused-ring (bicyclic) bond motifs is 2. The Hall–Kier alpha value is -3.50. The van der Waals surface area contributed by atoms with Gasteiger partial charge in [0.2, 0.25) is 0 Å². The Morgan fingerprint density at radius 2 is 2.06 bits per heavy atom. The zero-order chi connectivity index (χ0) is 22.7. The quantitative estimate of drug-likeness (QED) is 0.219. The van der Waals surface area contributed by atoms with Crippen LogP contribution in [0, 0.1) is 10.1 Å². The molecule has 0 bridgehead atoms. The van der Waals surface area contributed by atoms with Gasteiger partial charge in [0, 0.05) is 30.7 Å². The number of nitro groups is 1. The average molecular weight is 455 g/mol. The number of para-hydroxylation sites is 1. The molecule has 10 heteroatoms. The highest BCUT2D eigenvalue weighted by atomic mass is 32.1. The highest BCUT2D eigenvalue weighted by Gasteiger charge is 2.17. The molecule has 0 aliphatic rings. The fourth-order valence-electron chi connectivity index (χ4n) is 3.33. The molecule has 166 valence electrons. The van der Waals surface area contributed by atoms with E-state index in [2.05, 4.69) is 4.99 Å². The van der Waals surface area contributed by atoms with Gasteiger partial charge in [-0.1, -0.05) is 23.5 Å². The smallest absolute Gasteiger partial charge is 0.315 e. The minimum Gasteiger partial charge on any atom is -0.490 e. The van der Waals surface area contributed by atoms with E-state index in [1.54, 1.807) is 22.8 Å². The van der Waals surface area contributed by atoms with Crippen molar-refractivity contribution in [1.82, 2.24) is 4.57 Å². The summed E-state index contributed by atoms with van der Waals surface area (Å²) >= 11 is 1.27. The van der Waals surface area contributed by atoms with E-state index in [9.17, 15) is 14.9 Å². The van der Waals surface area contributed by atoms with Gasteiger partial charge in [-0.3, -0.25) is 14.9 Å². The second-order valence-electron chi connectivity index (χ2n) is 6.78. The van der Waals surface area contributed by atoms with Gasteiger partial charge in [0.1, 0.15) is 0 Å². The fraction of sp³-hybridized carbons (Fsp3) is 0.273. The number of benzene rings is 2. The Morgan fingerprint density at radius 1 is 1.22 bits per heavy atom. The number of aromatic nitrogens is 1. The summed E-state index contributed by atoms with van der Waals surface area (Å²) < 4.78 is 19.3. The molecule has 0 fully saturated rings. The number of hydrogen-bond acceptors (Lipinski definition) is 7. The minimum absolute atomic E-state index is 0.0286. The number of non-ortho nitro benzene ring substituents is 1. The molecule has 4 aromatic rings. The molecule has 0 atom stereocenters. The van der Waals surface area contributed by atoms with Gasteiger partial charge in [0.15, 0.2) is 21.9 Å².